The van der Waals surface area contributed by atoms with Crippen LogP contribution in [0.1, 0.15) is 25.0 Å². The molecule has 0 saturated carbocycles. The van der Waals surface area contributed by atoms with E-state index in [1.165, 1.54) is 5.56 Å². The molecule has 0 saturated heterocycles. The summed E-state index contributed by atoms with van der Waals surface area (Å²) < 4.78 is 0. The summed E-state index contributed by atoms with van der Waals surface area (Å²) in [7, 11) is 0. The molecule has 0 aliphatic carbocycles. The Morgan fingerprint density at radius 3 is 2.86 bits per heavy atom. The van der Waals surface area contributed by atoms with Crippen LogP contribution in [0.25, 0.3) is 0 Å². The molecule has 2 rings (SSSR count). The van der Waals surface area contributed by atoms with Gasteiger partial charge in [0.05, 0.1) is 0 Å². The molecule has 0 bridgehead atoms. The predicted molar refractivity (Wildman–Crippen MR) is 99.8 cm³/mol. The van der Waals surface area contributed by atoms with E-state index in [4.69, 9.17) is 18.0 Å². The van der Waals surface area contributed by atoms with Crippen LogP contribution in [-0.4, -0.2) is 16.8 Å². The van der Waals surface area contributed by atoms with Crippen molar-refractivity contribution in [1.82, 2.24) is 0 Å². The standard InChI is InChI=1S/C16H20N2S3/c1-3-21-14-6-4-5-13(15(14)16(17)19)18-11(2)9-12-7-8-20-10-12/h4-8,10-11,18H,3,9H2,1-2H3,(H2,17,19). The van der Waals surface area contributed by atoms with Gasteiger partial charge < -0.3 is 11.1 Å². The fraction of sp³-hybridized carbons (Fsp3) is 0.312. The molecule has 0 aliphatic heterocycles. The number of nitrogens with one attached hydrogen (secondary N) is 1. The molecule has 3 N–H and O–H groups in total. The maximum atomic E-state index is 5.94. The molecule has 0 amide bonds. The zero-order chi connectivity index (χ0) is 15.2. The number of hydrogen-bond acceptors (Lipinski definition) is 4. The van der Waals surface area contributed by atoms with Gasteiger partial charge in [-0.25, -0.2) is 0 Å². The quantitative estimate of drug-likeness (QED) is 0.575. The molecule has 0 radical (unpaired) electrons. The smallest absolute Gasteiger partial charge is 0.107 e. The van der Waals surface area contributed by atoms with Gasteiger partial charge in [0.15, 0.2) is 0 Å². The first-order valence-electron chi connectivity index (χ1n) is 6.95. The van der Waals surface area contributed by atoms with E-state index in [0.717, 1.165) is 28.3 Å². The van der Waals surface area contributed by atoms with Crippen molar-refractivity contribution in [2.75, 3.05) is 11.1 Å². The third kappa shape index (κ3) is 4.46. The lowest BCUT2D eigenvalue weighted by molar-refractivity contribution is 0.792. The summed E-state index contributed by atoms with van der Waals surface area (Å²) >= 11 is 8.75. The van der Waals surface area contributed by atoms with Crippen molar-refractivity contribution >= 4 is 46.0 Å². The van der Waals surface area contributed by atoms with Gasteiger partial charge in [-0.05, 0) is 53.6 Å². The lowest BCUT2D eigenvalue weighted by atomic mass is 10.1. The first-order chi connectivity index (χ1) is 10.1. The van der Waals surface area contributed by atoms with Crippen molar-refractivity contribution < 1.29 is 0 Å². The van der Waals surface area contributed by atoms with Crippen LogP contribution in [-0.2, 0) is 6.42 Å². The number of thiophene rings is 1. The summed E-state index contributed by atoms with van der Waals surface area (Å²) in [5.74, 6) is 1.00. The molecule has 0 spiro atoms. The van der Waals surface area contributed by atoms with Crippen molar-refractivity contribution in [2.24, 2.45) is 5.73 Å². The highest BCUT2D eigenvalue weighted by Crippen LogP contribution is 2.29. The van der Waals surface area contributed by atoms with Gasteiger partial charge in [-0.15, -0.1) is 11.8 Å². The molecule has 112 valence electrons. The molecule has 0 fully saturated rings. The SMILES string of the molecule is CCSc1cccc(NC(C)Cc2ccsc2)c1C(N)=S. The van der Waals surface area contributed by atoms with Crippen molar-refractivity contribution in [3.05, 3.63) is 46.2 Å². The maximum absolute atomic E-state index is 5.94. The third-order valence-corrected chi connectivity index (χ3v) is 4.97. The second-order valence-corrected chi connectivity index (χ2v) is 7.38. The molecule has 21 heavy (non-hydrogen) atoms. The third-order valence-electron chi connectivity index (χ3n) is 3.10. The first-order valence-corrected chi connectivity index (χ1v) is 9.28. The fourth-order valence-electron chi connectivity index (χ4n) is 2.26. The van der Waals surface area contributed by atoms with Crippen LogP contribution in [0.3, 0.4) is 0 Å². The van der Waals surface area contributed by atoms with Crippen LogP contribution in [0.5, 0.6) is 0 Å². The van der Waals surface area contributed by atoms with Gasteiger partial charge in [-0.1, -0.05) is 25.2 Å². The monoisotopic (exact) mass is 336 g/mol. The van der Waals surface area contributed by atoms with Gasteiger partial charge in [0, 0.05) is 22.2 Å². The normalized spacial score (nSPS) is 12.1. The Morgan fingerprint density at radius 1 is 1.43 bits per heavy atom. The average Bonchev–Trinajstić information content (AvgIpc) is 2.91. The average molecular weight is 337 g/mol. The lowest BCUT2D eigenvalue weighted by Gasteiger charge is -2.19. The molecule has 1 aromatic carbocycles. The van der Waals surface area contributed by atoms with Gasteiger partial charge in [0.1, 0.15) is 4.99 Å². The van der Waals surface area contributed by atoms with Gasteiger partial charge in [-0.3, -0.25) is 0 Å². The van der Waals surface area contributed by atoms with Gasteiger partial charge >= 0.3 is 0 Å². The Hall–Kier alpha value is -1.04. The summed E-state index contributed by atoms with van der Waals surface area (Å²) in [6.45, 7) is 4.31. The van der Waals surface area contributed by atoms with E-state index in [1.54, 1.807) is 23.1 Å². The molecule has 1 aromatic heterocycles. The van der Waals surface area contributed by atoms with Gasteiger partial charge in [0.25, 0.3) is 0 Å². The van der Waals surface area contributed by atoms with Crippen LogP contribution in [0.4, 0.5) is 5.69 Å². The number of anilines is 1. The van der Waals surface area contributed by atoms with E-state index in [1.807, 2.05) is 0 Å². The Bertz CT molecular complexity index is 594. The van der Waals surface area contributed by atoms with E-state index in [2.05, 4.69) is 54.2 Å². The van der Waals surface area contributed by atoms with E-state index in [-0.39, 0.29) is 0 Å². The van der Waals surface area contributed by atoms with E-state index < -0.39 is 0 Å². The molecular weight excluding hydrogens is 316 g/mol. The highest BCUT2D eigenvalue weighted by Gasteiger charge is 2.13. The molecule has 2 aromatic rings. The van der Waals surface area contributed by atoms with Crippen LogP contribution < -0.4 is 11.1 Å². The van der Waals surface area contributed by atoms with Gasteiger partial charge in [-0.2, -0.15) is 11.3 Å². The van der Waals surface area contributed by atoms with E-state index in [0.29, 0.717) is 11.0 Å². The largest absolute Gasteiger partial charge is 0.389 e. The Kier molecular flexibility index (Phi) is 6.08. The molecule has 1 unspecified atom stereocenters. The van der Waals surface area contributed by atoms with Crippen molar-refractivity contribution in [2.45, 2.75) is 31.2 Å². The molecular formula is C16H20N2S3. The zero-order valence-electron chi connectivity index (χ0n) is 12.3. The highest BCUT2D eigenvalue weighted by molar-refractivity contribution is 7.99. The summed E-state index contributed by atoms with van der Waals surface area (Å²) in [4.78, 5) is 1.61. The second-order valence-electron chi connectivity index (χ2n) is 4.86. The molecule has 5 heteroatoms. The second kappa shape index (κ2) is 7.82. The van der Waals surface area contributed by atoms with E-state index in [9.17, 15) is 0 Å². The fourth-order valence-corrected chi connectivity index (χ4v) is 4.08. The predicted octanol–water partition coefficient (Wildman–Crippen LogP) is 4.54. The Labute approximate surface area is 140 Å². The zero-order valence-corrected chi connectivity index (χ0v) is 14.7. The Balaban J connectivity index is 2.18. The number of thioether (sulfide) groups is 1. The molecule has 1 heterocycles. The first kappa shape index (κ1) is 16.3. The minimum Gasteiger partial charge on any atom is -0.389 e. The number of benzene rings is 1. The summed E-state index contributed by atoms with van der Waals surface area (Å²) in [6, 6.07) is 8.69. The van der Waals surface area contributed by atoms with Crippen LogP contribution in [0, 0.1) is 0 Å². The number of rotatable bonds is 7. The van der Waals surface area contributed by atoms with Crippen molar-refractivity contribution in [3.63, 3.8) is 0 Å². The molecule has 0 aliphatic rings. The van der Waals surface area contributed by atoms with Crippen LogP contribution >= 0.6 is 35.3 Å². The van der Waals surface area contributed by atoms with Crippen molar-refractivity contribution in [3.8, 4) is 0 Å². The summed E-state index contributed by atoms with van der Waals surface area (Å²) in [6.07, 6.45) is 0.991. The maximum Gasteiger partial charge on any atom is 0.107 e. The molecule has 1 atom stereocenters. The lowest BCUT2D eigenvalue weighted by Crippen LogP contribution is -2.21. The minimum absolute atomic E-state index is 0.328. The van der Waals surface area contributed by atoms with Gasteiger partial charge in [0.2, 0.25) is 0 Å². The number of thiocarbonyl (C=S) groups is 1. The number of hydrogen-bond donors (Lipinski definition) is 2. The van der Waals surface area contributed by atoms with Crippen molar-refractivity contribution in [1.29, 1.82) is 0 Å². The minimum atomic E-state index is 0.328. The van der Waals surface area contributed by atoms with Crippen LogP contribution in [0.2, 0.25) is 0 Å². The van der Waals surface area contributed by atoms with E-state index >= 15 is 0 Å². The topological polar surface area (TPSA) is 38.0 Å². The van der Waals surface area contributed by atoms with Crippen LogP contribution in [0.15, 0.2) is 39.9 Å². The number of nitrogens with two attached hydrogens (primary N) is 1. The molecule has 2 nitrogen and oxygen atoms in total. The Morgan fingerprint density at radius 2 is 2.24 bits per heavy atom. The highest BCUT2D eigenvalue weighted by atomic mass is 32.2. The summed E-state index contributed by atoms with van der Waals surface area (Å²) in [5.41, 5.74) is 9.29. The summed E-state index contributed by atoms with van der Waals surface area (Å²) in [5, 5.41) is 7.86.